The first-order chi connectivity index (χ1) is 21.4. The van der Waals surface area contributed by atoms with Crippen LogP contribution in [0.5, 0.6) is 0 Å². The van der Waals surface area contributed by atoms with Crippen LogP contribution in [0.1, 0.15) is 68.4 Å². The van der Waals surface area contributed by atoms with Crippen molar-refractivity contribution in [1.82, 2.24) is 14.2 Å². The Balaban J connectivity index is 1.21. The molecule has 0 radical (unpaired) electrons. The third-order valence-electron chi connectivity index (χ3n) is 9.26. The van der Waals surface area contributed by atoms with Gasteiger partial charge < -0.3 is 26.0 Å². The lowest BCUT2D eigenvalue weighted by molar-refractivity contribution is 0.0727. The number of benzene rings is 2. The number of rotatable bonds is 8. The lowest BCUT2D eigenvalue weighted by atomic mass is 9.87. The summed E-state index contributed by atoms with van der Waals surface area (Å²) in [6.45, 7) is 7.40. The van der Waals surface area contributed by atoms with Gasteiger partial charge in [-0.1, -0.05) is 19.9 Å². The highest BCUT2D eigenvalue weighted by Crippen LogP contribution is 2.44. The van der Waals surface area contributed by atoms with Gasteiger partial charge in [-0.05, 0) is 99.3 Å². The van der Waals surface area contributed by atoms with Gasteiger partial charge in [-0.2, -0.15) is 0 Å². The molecule has 0 unspecified atom stereocenters. The number of carbonyl (C=O) groups excluding carboxylic acids is 2. The number of amides is 2. The van der Waals surface area contributed by atoms with Crippen molar-refractivity contribution in [2.75, 3.05) is 37.2 Å². The van der Waals surface area contributed by atoms with Crippen LogP contribution in [0.4, 0.5) is 14.9 Å². The Kier molecular flexibility index (Phi) is 8.55. The van der Waals surface area contributed by atoms with Crippen molar-refractivity contribution in [3.63, 3.8) is 0 Å². The second-order valence-electron chi connectivity index (χ2n) is 13.5. The number of hydrogen-bond donors (Lipinski definition) is 3. The molecule has 242 valence electrons. The molecule has 4 N–H and O–H groups in total. The number of carbonyl (C=O) groups is 2. The molecule has 2 aromatic carbocycles. The molecule has 1 aliphatic carbocycles. The fourth-order valence-corrected chi connectivity index (χ4v) is 9.40. The maximum absolute atomic E-state index is 14.4. The van der Waals surface area contributed by atoms with Gasteiger partial charge in [0.1, 0.15) is 11.9 Å². The summed E-state index contributed by atoms with van der Waals surface area (Å²) in [6.07, 6.45) is 5.15. The van der Waals surface area contributed by atoms with E-state index < -0.39 is 27.2 Å². The summed E-state index contributed by atoms with van der Waals surface area (Å²) < 4.78 is 48.3. The standard InChI is InChI=1S/C33H42FN5O5S/c1-33(2)19-29-30(26-12-6-22(34)18-28(26)39(29)45(42,43)20-33)21-5-11-25(31(35)40)27(17-21)37-23-7-9-24(10-8-23)44-32(41)36-13-16-38-14-3-4-15-38/h5-6,11-12,17-18,23-24,37H,3-4,7-10,13-16,19-20H2,1-2H3,(H2,35,40)(H,36,41). The third-order valence-corrected chi connectivity index (χ3v) is 11.4. The minimum atomic E-state index is -3.74. The predicted molar refractivity (Wildman–Crippen MR) is 172 cm³/mol. The van der Waals surface area contributed by atoms with E-state index in [2.05, 4.69) is 15.5 Å². The Bertz CT molecular complexity index is 1720. The Morgan fingerprint density at radius 1 is 1.07 bits per heavy atom. The first-order valence-corrected chi connectivity index (χ1v) is 17.4. The highest BCUT2D eigenvalue weighted by Gasteiger charge is 2.39. The molecule has 12 heteroatoms. The SMILES string of the molecule is CC1(C)Cc2c(-c3ccc(C(N)=O)c(NC4CCC(OC(=O)NCCN5CCCC5)CC4)c3)c3ccc(F)cc3n2S(=O)(=O)C1. The van der Waals surface area contributed by atoms with E-state index in [4.69, 9.17) is 10.5 Å². The molecule has 2 amide bonds. The minimum Gasteiger partial charge on any atom is -0.446 e. The number of nitrogens with two attached hydrogens (primary N) is 1. The molecular formula is C33H42FN5O5S. The van der Waals surface area contributed by atoms with Gasteiger partial charge in [-0.15, -0.1) is 0 Å². The van der Waals surface area contributed by atoms with E-state index >= 15 is 0 Å². The van der Waals surface area contributed by atoms with Crippen molar-refractivity contribution in [2.24, 2.45) is 11.1 Å². The van der Waals surface area contributed by atoms with E-state index in [1.54, 1.807) is 18.2 Å². The molecule has 1 aromatic heterocycles. The smallest absolute Gasteiger partial charge is 0.407 e. The second kappa shape index (κ2) is 12.3. The fourth-order valence-electron chi connectivity index (χ4n) is 7.24. The summed E-state index contributed by atoms with van der Waals surface area (Å²) >= 11 is 0. The van der Waals surface area contributed by atoms with Crippen LogP contribution < -0.4 is 16.4 Å². The van der Waals surface area contributed by atoms with Crippen molar-refractivity contribution in [2.45, 2.75) is 70.9 Å². The number of ether oxygens (including phenoxy) is 1. The maximum Gasteiger partial charge on any atom is 0.407 e. The van der Waals surface area contributed by atoms with Gasteiger partial charge >= 0.3 is 6.09 Å². The average molecular weight is 640 g/mol. The van der Waals surface area contributed by atoms with E-state index in [1.165, 1.54) is 28.9 Å². The monoisotopic (exact) mass is 639 g/mol. The van der Waals surface area contributed by atoms with Crippen LogP contribution in [0.25, 0.3) is 22.0 Å². The van der Waals surface area contributed by atoms with Crippen LogP contribution in [-0.4, -0.2) is 73.4 Å². The molecule has 3 heterocycles. The van der Waals surface area contributed by atoms with Gasteiger partial charge in [0.05, 0.1) is 16.8 Å². The molecule has 0 spiro atoms. The van der Waals surface area contributed by atoms with Crippen molar-refractivity contribution in [1.29, 1.82) is 0 Å². The number of alkyl carbamates (subject to hydrolysis) is 1. The van der Waals surface area contributed by atoms with E-state index in [1.807, 2.05) is 19.9 Å². The molecule has 0 bridgehead atoms. The summed E-state index contributed by atoms with van der Waals surface area (Å²) in [4.78, 5) is 27.1. The quantitative estimate of drug-likeness (QED) is 0.321. The van der Waals surface area contributed by atoms with Crippen LogP contribution in [0.15, 0.2) is 36.4 Å². The number of anilines is 1. The topological polar surface area (TPSA) is 136 Å². The van der Waals surface area contributed by atoms with Gasteiger partial charge in [-0.25, -0.2) is 21.6 Å². The Hall–Kier alpha value is -3.64. The zero-order chi connectivity index (χ0) is 31.9. The molecule has 1 saturated heterocycles. The zero-order valence-corrected chi connectivity index (χ0v) is 26.7. The molecule has 3 aromatic rings. The first kappa shape index (κ1) is 31.3. The van der Waals surface area contributed by atoms with E-state index in [0.29, 0.717) is 64.8 Å². The molecule has 3 aliphatic rings. The zero-order valence-electron chi connectivity index (χ0n) is 25.9. The van der Waals surface area contributed by atoms with Crippen molar-refractivity contribution in [3.05, 3.63) is 53.5 Å². The van der Waals surface area contributed by atoms with Crippen molar-refractivity contribution in [3.8, 4) is 11.1 Å². The lowest BCUT2D eigenvalue weighted by Crippen LogP contribution is -2.37. The number of fused-ring (bicyclic) bond motifs is 3. The Morgan fingerprint density at radius 3 is 2.51 bits per heavy atom. The molecule has 10 nitrogen and oxygen atoms in total. The average Bonchev–Trinajstić information content (AvgIpc) is 3.58. The van der Waals surface area contributed by atoms with Crippen molar-refractivity contribution >= 4 is 38.6 Å². The summed E-state index contributed by atoms with van der Waals surface area (Å²) in [6, 6.07) is 9.50. The molecule has 2 fully saturated rings. The molecule has 2 aliphatic heterocycles. The second-order valence-corrected chi connectivity index (χ2v) is 15.3. The lowest BCUT2D eigenvalue weighted by Gasteiger charge is -2.32. The maximum atomic E-state index is 14.4. The molecule has 1 saturated carbocycles. The Morgan fingerprint density at radius 2 is 1.80 bits per heavy atom. The fraction of sp³-hybridized carbons (Fsp3) is 0.515. The van der Waals surface area contributed by atoms with Gasteiger partial charge in [0, 0.05) is 41.5 Å². The minimum absolute atomic E-state index is 0.0181. The number of nitrogens with one attached hydrogen (secondary N) is 2. The van der Waals surface area contributed by atoms with E-state index in [9.17, 15) is 22.4 Å². The largest absolute Gasteiger partial charge is 0.446 e. The summed E-state index contributed by atoms with van der Waals surface area (Å²) in [7, 11) is -3.74. The Labute approximate surface area is 263 Å². The third kappa shape index (κ3) is 6.67. The highest BCUT2D eigenvalue weighted by atomic mass is 32.2. The summed E-state index contributed by atoms with van der Waals surface area (Å²) in [5, 5.41) is 6.99. The van der Waals surface area contributed by atoms with Gasteiger partial charge in [0.15, 0.2) is 0 Å². The van der Waals surface area contributed by atoms with Crippen LogP contribution in [0.3, 0.4) is 0 Å². The van der Waals surface area contributed by atoms with E-state index in [0.717, 1.165) is 32.5 Å². The number of primary amides is 1. The van der Waals surface area contributed by atoms with Crippen LogP contribution in [-0.2, 0) is 21.2 Å². The molecule has 45 heavy (non-hydrogen) atoms. The van der Waals surface area contributed by atoms with Gasteiger partial charge in [-0.3, -0.25) is 4.79 Å². The number of hydrogen-bond acceptors (Lipinski definition) is 7. The normalized spacial score (nSPS) is 22.6. The highest BCUT2D eigenvalue weighted by molar-refractivity contribution is 7.90. The molecular weight excluding hydrogens is 597 g/mol. The van der Waals surface area contributed by atoms with Crippen molar-refractivity contribution < 1.29 is 27.1 Å². The molecule has 0 atom stereocenters. The van der Waals surface area contributed by atoms with Crippen LogP contribution in [0.2, 0.25) is 0 Å². The number of likely N-dealkylation sites (tertiary alicyclic amines) is 1. The number of halogens is 1. The predicted octanol–water partition coefficient (Wildman–Crippen LogP) is 4.85. The van der Waals surface area contributed by atoms with Crippen LogP contribution in [0, 0.1) is 11.2 Å². The first-order valence-electron chi connectivity index (χ1n) is 15.8. The molecule has 6 rings (SSSR count). The van der Waals surface area contributed by atoms with Crippen LogP contribution >= 0.6 is 0 Å². The summed E-state index contributed by atoms with van der Waals surface area (Å²) in [5.41, 5.74) is 8.44. The van der Waals surface area contributed by atoms with Gasteiger partial charge in [0.25, 0.3) is 5.91 Å². The van der Waals surface area contributed by atoms with Gasteiger partial charge in [0.2, 0.25) is 10.0 Å². The number of nitrogens with zero attached hydrogens (tertiary/aromatic N) is 2. The van der Waals surface area contributed by atoms with E-state index in [-0.39, 0.29) is 24.0 Å². The number of aromatic nitrogens is 1. The summed E-state index contributed by atoms with van der Waals surface area (Å²) in [5.74, 6) is -1.14.